The van der Waals surface area contributed by atoms with Crippen LogP contribution >= 0.6 is 0 Å². The smallest absolute Gasteiger partial charge is 0.322 e. The fourth-order valence-corrected chi connectivity index (χ4v) is 3.74. The SMILES string of the molecule is CS(=O)(=O)N1CCc2ccc(NC(=O)c3ccc(C(F)(F)F)cc3)cc21. The highest BCUT2D eigenvalue weighted by Crippen LogP contribution is 2.33. The Kier molecular flexibility index (Phi) is 4.43. The molecule has 2 aromatic carbocycles. The molecule has 1 heterocycles. The van der Waals surface area contributed by atoms with E-state index in [9.17, 15) is 26.4 Å². The fourth-order valence-electron chi connectivity index (χ4n) is 2.79. The zero-order valence-electron chi connectivity index (χ0n) is 13.7. The van der Waals surface area contributed by atoms with Gasteiger partial charge in [-0.2, -0.15) is 13.2 Å². The van der Waals surface area contributed by atoms with Gasteiger partial charge < -0.3 is 5.32 Å². The molecule has 0 aromatic heterocycles. The molecule has 0 saturated carbocycles. The first-order valence-corrected chi connectivity index (χ1v) is 9.50. The Morgan fingerprint density at radius 1 is 1.12 bits per heavy atom. The van der Waals surface area contributed by atoms with Crippen LogP contribution in [0.3, 0.4) is 0 Å². The van der Waals surface area contributed by atoms with E-state index < -0.39 is 27.7 Å². The van der Waals surface area contributed by atoms with Crippen molar-refractivity contribution in [3.63, 3.8) is 0 Å². The van der Waals surface area contributed by atoms with Crippen molar-refractivity contribution in [1.82, 2.24) is 0 Å². The minimum atomic E-state index is -4.47. The molecule has 0 spiro atoms. The highest BCUT2D eigenvalue weighted by atomic mass is 32.2. The van der Waals surface area contributed by atoms with Crippen LogP contribution in [0, 0.1) is 0 Å². The van der Waals surface area contributed by atoms with Crippen LogP contribution in [-0.4, -0.2) is 27.1 Å². The topological polar surface area (TPSA) is 66.5 Å². The van der Waals surface area contributed by atoms with E-state index >= 15 is 0 Å². The van der Waals surface area contributed by atoms with Crippen LogP contribution < -0.4 is 9.62 Å². The van der Waals surface area contributed by atoms with Crippen molar-refractivity contribution in [3.05, 3.63) is 59.2 Å². The van der Waals surface area contributed by atoms with Crippen LogP contribution in [0.25, 0.3) is 0 Å². The fraction of sp³-hybridized carbons (Fsp3) is 0.235. The molecule has 1 amide bonds. The summed E-state index contributed by atoms with van der Waals surface area (Å²) in [5.41, 5.74) is 0.943. The van der Waals surface area contributed by atoms with Gasteiger partial charge in [-0.15, -0.1) is 0 Å². The highest BCUT2D eigenvalue weighted by molar-refractivity contribution is 7.92. The molecule has 1 aliphatic heterocycles. The van der Waals surface area contributed by atoms with Gasteiger partial charge >= 0.3 is 6.18 Å². The molecule has 3 rings (SSSR count). The van der Waals surface area contributed by atoms with E-state index in [1.165, 1.54) is 4.31 Å². The van der Waals surface area contributed by atoms with Crippen molar-refractivity contribution in [1.29, 1.82) is 0 Å². The summed E-state index contributed by atoms with van der Waals surface area (Å²) in [6, 6.07) is 8.76. The number of anilines is 2. The number of alkyl halides is 3. The summed E-state index contributed by atoms with van der Waals surface area (Å²) in [7, 11) is -3.42. The molecule has 0 unspecified atom stereocenters. The molecule has 9 heteroatoms. The monoisotopic (exact) mass is 384 g/mol. The number of carbonyl (C=O) groups is 1. The number of rotatable bonds is 3. The number of carbonyl (C=O) groups excluding carboxylic acids is 1. The van der Waals surface area contributed by atoms with Gasteiger partial charge in [0.05, 0.1) is 17.5 Å². The van der Waals surface area contributed by atoms with Gasteiger partial charge in [0.15, 0.2) is 0 Å². The molecule has 0 bridgehead atoms. The van der Waals surface area contributed by atoms with Gasteiger partial charge in [0.25, 0.3) is 5.91 Å². The van der Waals surface area contributed by atoms with Crippen LogP contribution in [0.15, 0.2) is 42.5 Å². The molecule has 5 nitrogen and oxygen atoms in total. The molecule has 1 N–H and O–H groups in total. The largest absolute Gasteiger partial charge is 0.416 e. The van der Waals surface area contributed by atoms with Crippen molar-refractivity contribution in [2.45, 2.75) is 12.6 Å². The van der Waals surface area contributed by atoms with Crippen LogP contribution in [0.2, 0.25) is 0 Å². The van der Waals surface area contributed by atoms with E-state index in [0.29, 0.717) is 24.3 Å². The Morgan fingerprint density at radius 2 is 1.77 bits per heavy atom. The molecular formula is C17H15F3N2O3S. The summed E-state index contributed by atoms with van der Waals surface area (Å²) < 4.78 is 62.6. The first-order valence-electron chi connectivity index (χ1n) is 7.65. The van der Waals surface area contributed by atoms with E-state index in [4.69, 9.17) is 0 Å². The van der Waals surface area contributed by atoms with Gasteiger partial charge in [-0.25, -0.2) is 8.42 Å². The lowest BCUT2D eigenvalue weighted by atomic mass is 10.1. The number of nitrogens with zero attached hydrogens (tertiary/aromatic N) is 1. The molecule has 0 radical (unpaired) electrons. The maximum absolute atomic E-state index is 12.6. The normalized spacial score (nSPS) is 14.2. The third kappa shape index (κ3) is 3.67. The molecule has 0 saturated heterocycles. The zero-order chi connectivity index (χ0) is 19.1. The van der Waals surface area contributed by atoms with E-state index in [0.717, 1.165) is 36.1 Å². The number of nitrogens with one attached hydrogen (secondary N) is 1. The number of amides is 1. The van der Waals surface area contributed by atoms with Gasteiger partial charge in [0.1, 0.15) is 0 Å². The summed E-state index contributed by atoms with van der Waals surface area (Å²) in [5, 5.41) is 2.58. The van der Waals surface area contributed by atoms with E-state index in [2.05, 4.69) is 5.32 Å². The molecule has 1 aliphatic rings. The minimum Gasteiger partial charge on any atom is -0.322 e. The lowest BCUT2D eigenvalue weighted by molar-refractivity contribution is -0.137. The molecule has 0 fully saturated rings. The van der Waals surface area contributed by atoms with Crippen molar-refractivity contribution in [2.75, 3.05) is 22.4 Å². The van der Waals surface area contributed by atoms with Gasteiger partial charge in [-0.3, -0.25) is 9.10 Å². The highest BCUT2D eigenvalue weighted by Gasteiger charge is 2.30. The Hall–Kier alpha value is -2.55. The number of hydrogen-bond acceptors (Lipinski definition) is 3. The zero-order valence-corrected chi connectivity index (χ0v) is 14.5. The standard InChI is InChI=1S/C17H15F3N2O3S/c1-26(24,25)22-9-8-11-4-7-14(10-15(11)22)21-16(23)12-2-5-13(6-3-12)17(18,19)20/h2-7,10H,8-9H2,1H3,(H,21,23). The van der Waals surface area contributed by atoms with Crippen molar-refractivity contribution < 1.29 is 26.4 Å². The predicted octanol–water partition coefficient (Wildman–Crippen LogP) is 3.28. The molecule has 138 valence electrons. The lowest BCUT2D eigenvalue weighted by Gasteiger charge is -2.17. The summed E-state index contributed by atoms with van der Waals surface area (Å²) >= 11 is 0. The second-order valence-corrected chi connectivity index (χ2v) is 7.86. The Morgan fingerprint density at radius 3 is 2.35 bits per heavy atom. The third-order valence-corrected chi connectivity index (χ3v) is 5.25. The Bertz CT molecular complexity index is 954. The first-order chi connectivity index (χ1) is 12.1. The van der Waals surface area contributed by atoms with Crippen LogP contribution in [-0.2, 0) is 22.6 Å². The average molecular weight is 384 g/mol. The predicted molar refractivity (Wildman–Crippen MR) is 91.7 cm³/mol. The number of hydrogen-bond donors (Lipinski definition) is 1. The van der Waals surface area contributed by atoms with E-state index in [1.807, 2.05) is 0 Å². The average Bonchev–Trinajstić information content (AvgIpc) is 2.97. The number of sulfonamides is 1. The van der Waals surface area contributed by atoms with Crippen molar-refractivity contribution in [3.8, 4) is 0 Å². The number of benzene rings is 2. The molecule has 0 aliphatic carbocycles. The van der Waals surface area contributed by atoms with Crippen molar-refractivity contribution in [2.24, 2.45) is 0 Å². The van der Waals surface area contributed by atoms with Crippen LogP contribution in [0.5, 0.6) is 0 Å². The van der Waals surface area contributed by atoms with Gasteiger partial charge in [0.2, 0.25) is 10.0 Å². The number of halogens is 3. The lowest BCUT2D eigenvalue weighted by Crippen LogP contribution is -2.27. The Balaban J connectivity index is 1.81. The summed E-state index contributed by atoms with van der Waals surface area (Å²) in [6.07, 6.45) is -2.78. The van der Waals surface area contributed by atoms with Gasteiger partial charge in [-0.05, 0) is 48.4 Å². The maximum atomic E-state index is 12.6. The molecule has 0 atom stereocenters. The number of fused-ring (bicyclic) bond motifs is 1. The first kappa shape index (κ1) is 18.2. The molecular weight excluding hydrogens is 369 g/mol. The van der Waals surface area contributed by atoms with Crippen LogP contribution in [0.1, 0.15) is 21.5 Å². The third-order valence-electron chi connectivity index (χ3n) is 4.07. The molecule has 26 heavy (non-hydrogen) atoms. The van der Waals surface area contributed by atoms with Crippen LogP contribution in [0.4, 0.5) is 24.5 Å². The van der Waals surface area contributed by atoms with Gasteiger partial charge in [-0.1, -0.05) is 6.07 Å². The van der Waals surface area contributed by atoms with Gasteiger partial charge in [0, 0.05) is 17.8 Å². The minimum absolute atomic E-state index is 0.0680. The summed E-state index contributed by atoms with van der Waals surface area (Å²) in [4.78, 5) is 12.2. The second-order valence-electron chi connectivity index (χ2n) is 5.96. The van der Waals surface area contributed by atoms with Crippen molar-refractivity contribution >= 4 is 27.3 Å². The van der Waals surface area contributed by atoms with E-state index in [1.54, 1.807) is 18.2 Å². The molecule has 2 aromatic rings. The summed E-state index contributed by atoms with van der Waals surface area (Å²) in [6.45, 7) is 0.338. The second kappa shape index (κ2) is 6.31. The summed E-state index contributed by atoms with van der Waals surface area (Å²) in [5.74, 6) is -0.581. The maximum Gasteiger partial charge on any atom is 0.416 e. The van der Waals surface area contributed by atoms with E-state index in [-0.39, 0.29) is 5.56 Å². The quantitative estimate of drug-likeness (QED) is 0.883. The Labute approximate surface area is 148 Å².